The van der Waals surface area contributed by atoms with Gasteiger partial charge in [-0.1, -0.05) is 30.3 Å². The summed E-state index contributed by atoms with van der Waals surface area (Å²) in [6.07, 6.45) is 2.69. The average molecular weight is 328 g/mol. The highest BCUT2D eigenvalue weighted by Gasteiger charge is 2.20. The predicted octanol–water partition coefficient (Wildman–Crippen LogP) is 2.40. The number of hydrogen-bond acceptors (Lipinski definition) is 4. The van der Waals surface area contributed by atoms with E-state index in [2.05, 4.69) is 22.3 Å². The molecule has 1 aromatic heterocycles. The summed E-state index contributed by atoms with van der Waals surface area (Å²) in [7, 11) is 0. The van der Waals surface area contributed by atoms with Gasteiger partial charge in [0.25, 0.3) is 0 Å². The van der Waals surface area contributed by atoms with Crippen LogP contribution in [0.1, 0.15) is 23.8 Å². The highest BCUT2D eigenvalue weighted by molar-refractivity contribution is 5.76. The third kappa shape index (κ3) is 4.94. The fraction of sp³-hybridized carbons (Fsp3) is 0.421. The van der Waals surface area contributed by atoms with Gasteiger partial charge in [0.15, 0.2) is 0 Å². The fourth-order valence-corrected chi connectivity index (χ4v) is 2.92. The maximum Gasteiger partial charge on any atom is 0.220 e. The monoisotopic (exact) mass is 328 g/mol. The molecule has 2 heterocycles. The second-order valence-electron chi connectivity index (χ2n) is 6.02. The normalized spacial score (nSPS) is 16.7. The maximum absolute atomic E-state index is 12.4. The van der Waals surface area contributed by atoms with Crippen molar-refractivity contribution in [1.82, 2.24) is 10.2 Å². The lowest BCUT2D eigenvalue weighted by Gasteiger charge is -2.31. The number of ether oxygens (including phenoxy) is 1. The molecule has 3 rings (SSSR count). The van der Waals surface area contributed by atoms with E-state index in [1.54, 1.807) is 6.26 Å². The van der Waals surface area contributed by atoms with Crippen LogP contribution in [0.5, 0.6) is 0 Å². The zero-order valence-corrected chi connectivity index (χ0v) is 13.8. The Morgan fingerprint density at radius 1 is 1.12 bits per heavy atom. The van der Waals surface area contributed by atoms with Crippen LogP contribution in [-0.2, 0) is 16.0 Å². The van der Waals surface area contributed by atoms with Crippen molar-refractivity contribution < 1.29 is 13.9 Å². The highest BCUT2D eigenvalue weighted by Crippen LogP contribution is 2.16. The SMILES string of the molecule is O=C(CCc1ccco1)NC(CN1CCOCC1)c1ccccc1. The van der Waals surface area contributed by atoms with Gasteiger partial charge < -0.3 is 14.5 Å². The van der Waals surface area contributed by atoms with E-state index in [1.807, 2.05) is 30.3 Å². The van der Waals surface area contributed by atoms with Crippen molar-refractivity contribution in [3.05, 3.63) is 60.1 Å². The summed E-state index contributed by atoms with van der Waals surface area (Å²) in [5, 5.41) is 3.18. The van der Waals surface area contributed by atoms with Crippen molar-refractivity contribution >= 4 is 5.91 Å². The first-order chi connectivity index (χ1) is 11.8. The molecule has 1 aliphatic rings. The molecule has 128 valence electrons. The van der Waals surface area contributed by atoms with Crippen molar-refractivity contribution in [2.75, 3.05) is 32.8 Å². The lowest BCUT2D eigenvalue weighted by atomic mass is 10.1. The number of hydrogen-bond donors (Lipinski definition) is 1. The highest BCUT2D eigenvalue weighted by atomic mass is 16.5. The Morgan fingerprint density at radius 2 is 1.92 bits per heavy atom. The molecule has 1 aliphatic heterocycles. The van der Waals surface area contributed by atoms with E-state index in [4.69, 9.17) is 9.15 Å². The van der Waals surface area contributed by atoms with Crippen molar-refractivity contribution in [3.63, 3.8) is 0 Å². The number of carbonyl (C=O) groups is 1. The molecule has 1 unspecified atom stereocenters. The first kappa shape index (κ1) is 16.7. The molecular formula is C19H24N2O3. The van der Waals surface area contributed by atoms with E-state index in [1.165, 1.54) is 0 Å². The van der Waals surface area contributed by atoms with E-state index in [-0.39, 0.29) is 11.9 Å². The Bertz CT molecular complexity index is 607. The van der Waals surface area contributed by atoms with Crippen molar-refractivity contribution in [1.29, 1.82) is 0 Å². The second kappa shape index (κ2) is 8.66. The third-order valence-corrected chi connectivity index (χ3v) is 4.26. The summed E-state index contributed by atoms with van der Waals surface area (Å²) in [6.45, 7) is 4.14. The Labute approximate surface area is 142 Å². The zero-order chi connectivity index (χ0) is 16.6. The Balaban J connectivity index is 1.59. The summed E-state index contributed by atoms with van der Waals surface area (Å²) in [5.74, 6) is 0.892. The standard InChI is InChI=1S/C19H24N2O3/c22-19(9-8-17-7-4-12-24-17)20-18(16-5-2-1-3-6-16)15-21-10-13-23-14-11-21/h1-7,12,18H,8-11,13-15H2,(H,20,22). The van der Waals surface area contributed by atoms with Crippen LogP contribution in [0.4, 0.5) is 0 Å². The number of benzene rings is 1. The van der Waals surface area contributed by atoms with Crippen LogP contribution in [-0.4, -0.2) is 43.7 Å². The van der Waals surface area contributed by atoms with E-state index in [0.29, 0.717) is 12.8 Å². The molecule has 1 fully saturated rings. The van der Waals surface area contributed by atoms with E-state index in [9.17, 15) is 4.79 Å². The summed E-state index contributed by atoms with van der Waals surface area (Å²) in [5.41, 5.74) is 1.13. The molecule has 0 radical (unpaired) electrons. The first-order valence-corrected chi connectivity index (χ1v) is 8.48. The van der Waals surface area contributed by atoms with E-state index >= 15 is 0 Å². The molecule has 1 N–H and O–H groups in total. The molecule has 0 spiro atoms. The third-order valence-electron chi connectivity index (χ3n) is 4.26. The smallest absolute Gasteiger partial charge is 0.220 e. The average Bonchev–Trinajstić information content (AvgIpc) is 3.15. The molecule has 5 heteroatoms. The van der Waals surface area contributed by atoms with Crippen molar-refractivity contribution in [2.45, 2.75) is 18.9 Å². The van der Waals surface area contributed by atoms with Gasteiger partial charge in [-0.15, -0.1) is 0 Å². The Kier molecular flexibility index (Phi) is 6.04. The molecule has 1 saturated heterocycles. The summed E-state index contributed by atoms with van der Waals surface area (Å²) in [4.78, 5) is 14.7. The number of amides is 1. The molecule has 1 amide bonds. The molecule has 0 saturated carbocycles. The fourth-order valence-electron chi connectivity index (χ4n) is 2.92. The summed E-state index contributed by atoms with van der Waals surface area (Å²) in [6, 6.07) is 13.9. The molecule has 1 atom stereocenters. The van der Waals surface area contributed by atoms with Crippen LogP contribution < -0.4 is 5.32 Å². The van der Waals surface area contributed by atoms with Gasteiger partial charge >= 0.3 is 0 Å². The number of nitrogens with zero attached hydrogens (tertiary/aromatic N) is 1. The number of aryl methyl sites for hydroxylation is 1. The van der Waals surface area contributed by atoms with Crippen LogP contribution in [0.15, 0.2) is 53.1 Å². The van der Waals surface area contributed by atoms with Crippen LogP contribution in [0.25, 0.3) is 0 Å². The van der Waals surface area contributed by atoms with Gasteiger partial charge in [0, 0.05) is 32.5 Å². The van der Waals surface area contributed by atoms with Gasteiger partial charge in [-0.2, -0.15) is 0 Å². The quantitative estimate of drug-likeness (QED) is 0.848. The van der Waals surface area contributed by atoms with Gasteiger partial charge in [0.2, 0.25) is 5.91 Å². The molecule has 0 bridgehead atoms. The number of nitrogens with one attached hydrogen (secondary N) is 1. The number of furan rings is 1. The Morgan fingerprint density at radius 3 is 2.62 bits per heavy atom. The first-order valence-electron chi connectivity index (χ1n) is 8.48. The lowest BCUT2D eigenvalue weighted by Crippen LogP contribution is -2.43. The molecule has 2 aromatic rings. The van der Waals surface area contributed by atoms with Gasteiger partial charge in [0.05, 0.1) is 25.5 Å². The van der Waals surface area contributed by atoms with E-state index in [0.717, 1.165) is 44.2 Å². The van der Waals surface area contributed by atoms with Gasteiger partial charge in [-0.25, -0.2) is 0 Å². The molecule has 1 aromatic carbocycles. The minimum absolute atomic E-state index is 0.00611. The molecule has 0 aliphatic carbocycles. The number of morpholine rings is 1. The predicted molar refractivity (Wildman–Crippen MR) is 91.6 cm³/mol. The molecule has 24 heavy (non-hydrogen) atoms. The maximum atomic E-state index is 12.4. The minimum atomic E-state index is -0.00611. The van der Waals surface area contributed by atoms with Crippen LogP contribution >= 0.6 is 0 Å². The largest absolute Gasteiger partial charge is 0.469 e. The topological polar surface area (TPSA) is 54.7 Å². The Hall–Kier alpha value is -2.11. The van der Waals surface area contributed by atoms with Crippen molar-refractivity contribution in [3.8, 4) is 0 Å². The van der Waals surface area contributed by atoms with Crippen LogP contribution in [0.3, 0.4) is 0 Å². The molecule has 5 nitrogen and oxygen atoms in total. The lowest BCUT2D eigenvalue weighted by molar-refractivity contribution is -0.122. The minimum Gasteiger partial charge on any atom is -0.469 e. The molecular weight excluding hydrogens is 304 g/mol. The summed E-state index contributed by atoms with van der Waals surface area (Å²) >= 11 is 0. The number of carbonyl (C=O) groups excluding carboxylic acids is 1. The summed E-state index contributed by atoms with van der Waals surface area (Å²) < 4.78 is 10.7. The zero-order valence-electron chi connectivity index (χ0n) is 13.8. The van der Waals surface area contributed by atoms with Crippen molar-refractivity contribution in [2.24, 2.45) is 0 Å². The van der Waals surface area contributed by atoms with Crippen LogP contribution in [0, 0.1) is 0 Å². The van der Waals surface area contributed by atoms with Gasteiger partial charge in [0.1, 0.15) is 5.76 Å². The second-order valence-corrected chi connectivity index (χ2v) is 6.02. The van der Waals surface area contributed by atoms with Gasteiger partial charge in [-0.05, 0) is 17.7 Å². The van der Waals surface area contributed by atoms with Crippen LogP contribution in [0.2, 0.25) is 0 Å². The number of rotatable bonds is 7. The van der Waals surface area contributed by atoms with E-state index < -0.39 is 0 Å². The van der Waals surface area contributed by atoms with Gasteiger partial charge in [-0.3, -0.25) is 9.69 Å².